The van der Waals surface area contributed by atoms with E-state index in [-0.39, 0.29) is 11.9 Å². The fourth-order valence-corrected chi connectivity index (χ4v) is 4.41. The molecule has 5 heteroatoms. The molecule has 0 saturated carbocycles. The van der Waals surface area contributed by atoms with Crippen molar-refractivity contribution in [3.8, 4) is 11.5 Å². The monoisotopic (exact) mass is 474 g/mol. The number of methoxy groups -OCH3 is 2. The number of rotatable bonds is 13. The number of amides is 1. The summed E-state index contributed by atoms with van der Waals surface area (Å²) < 4.78 is 11.2. The summed E-state index contributed by atoms with van der Waals surface area (Å²) in [4.78, 5) is 16.9. The summed E-state index contributed by atoms with van der Waals surface area (Å²) >= 11 is 0. The number of benzene rings is 2. The van der Waals surface area contributed by atoms with Crippen LogP contribution in [0.15, 0.2) is 54.9 Å². The predicted octanol–water partition coefficient (Wildman–Crippen LogP) is 6.53. The van der Waals surface area contributed by atoms with Gasteiger partial charge in [0.05, 0.1) is 14.2 Å². The Morgan fingerprint density at radius 3 is 2.63 bits per heavy atom. The van der Waals surface area contributed by atoms with Gasteiger partial charge in [0.25, 0.3) is 0 Å². The zero-order valence-corrected chi connectivity index (χ0v) is 21.5. The van der Waals surface area contributed by atoms with E-state index < -0.39 is 0 Å². The molecule has 0 spiro atoms. The summed E-state index contributed by atoms with van der Waals surface area (Å²) in [6.45, 7) is 4.26. The van der Waals surface area contributed by atoms with Crippen molar-refractivity contribution in [3.05, 3.63) is 71.6 Å². The number of ether oxygens (including phenoxy) is 2. The van der Waals surface area contributed by atoms with E-state index in [0.29, 0.717) is 0 Å². The molecule has 0 fully saturated rings. The van der Waals surface area contributed by atoms with Gasteiger partial charge in [-0.05, 0) is 97.5 Å². The SMILES string of the molecule is CCCCCc1c(/C=C/C(=O)N[C@H](C)CCCc2cccnc2)cc(OC)c2ccc(OC)cc12. The van der Waals surface area contributed by atoms with Crippen molar-refractivity contribution in [2.75, 3.05) is 14.2 Å². The van der Waals surface area contributed by atoms with Gasteiger partial charge in [-0.25, -0.2) is 0 Å². The molecular formula is C30H38N2O3. The average Bonchev–Trinajstić information content (AvgIpc) is 2.88. The Bertz CT molecular complexity index is 1130. The van der Waals surface area contributed by atoms with Gasteiger partial charge in [0.15, 0.2) is 0 Å². The first-order valence-electron chi connectivity index (χ1n) is 12.6. The summed E-state index contributed by atoms with van der Waals surface area (Å²) in [5.74, 6) is 1.53. The van der Waals surface area contributed by atoms with Crippen LogP contribution in [-0.4, -0.2) is 31.2 Å². The number of nitrogens with one attached hydrogen (secondary N) is 1. The molecule has 0 radical (unpaired) electrons. The molecule has 35 heavy (non-hydrogen) atoms. The topological polar surface area (TPSA) is 60.5 Å². The molecule has 1 heterocycles. The van der Waals surface area contributed by atoms with Gasteiger partial charge in [-0.1, -0.05) is 25.8 Å². The molecule has 3 rings (SSSR count). The Morgan fingerprint density at radius 2 is 1.91 bits per heavy atom. The molecule has 0 saturated heterocycles. The van der Waals surface area contributed by atoms with Crippen LogP contribution >= 0.6 is 0 Å². The minimum absolute atomic E-state index is 0.0805. The third kappa shape index (κ3) is 7.57. The number of hydrogen-bond acceptors (Lipinski definition) is 4. The summed E-state index contributed by atoms with van der Waals surface area (Å²) in [6, 6.07) is 12.3. The van der Waals surface area contributed by atoms with Gasteiger partial charge < -0.3 is 14.8 Å². The molecular weight excluding hydrogens is 436 g/mol. The fourth-order valence-electron chi connectivity index (χ4n) is 4.41. The van der Waals surface area contributed by atoms with E-state index >= 15 is 0 Å². The van der Waals surface area contributed by atoms with Crippen molar-refractivity contribution < 1.29 is 14.3 Å². The van der Waals surface area contributed by atoms with Crippen LogP contribution in [0.4, 0.5) is 0 Å². The molecule has 1 amide bonds. The Kier molecular flexibility index (Phi) is 10.1. The molecule has 1 aromatic heterocycles. The van der Waals surface area contributed by atoms with Crippen molar-refractivity contribution in [2.24, 2.45) is 0 Å². The fraction of sp³-hybridized carbons (Fsp3) is 0.400. The van der Waals surface area contributed by atoms with Crippen LogP contribution in [0.25, 0.3) is 16.8 Å². The minimum atomic E-state index is -0.0805. The smallest absolute Gasteiger partial charge is 0.244 e. The lowest BCUT2D eigenvalue weighted by Crippen LogP contribution is -2.31. The van der Waals surface area contributed by atoms with Crippen LogP contribution in [0, 0.1) is 0 Å². The lowest BCUT2D eigenvalue weighted by Gasteiger charge is -2.16. The van der Waals surface area contributed by atoms with Gasteiger partial charge in [0, 0.05) is 29.9 Å². The van der Waals surface area contributed by atoms with Gasteiger partial charge >= 0.3 is 0 Å². The second-order valence-corrected chi connectivity index (χ2v) is 9.01. The van der Waals surface area contributed by atoms with Crippen molar-refractivity contribution in [3.63, 3.8) is 0 Å². The number of unbranched alkanes of at least 4 members (excludes halogenated alkanes) is 2. The van der Waals surface area contributed by atoms with E-state index in [1.165, 1.54) is 11.1 Å². The van der Waals surface area contributed by atoms with E-state index in [2.05, 4.69) is 36.3 Å². The molecule has 1 N–H and O–H groups in total. The first-order chi connectivity index (χ1) is 17.0. The summed E-state index contributed by atoms with van der Waals surface area (Å²) in [5.41, 5.74) is 3.46. The molecule has 0 aliphatic carbocycles. The van der Waals surface area contributed by atoms with Crippen LogP contribution in [0.3, 0.4) is 0 Å². The normalized spacial score (nSPS) is 12.1. The standard InChI is InChI=1S/C30H38N2O3/c1-5-6-7-13-26-24(19-29(35-4)27-16-15-25(34-3)20-28(26)27)14-17-30(33)32-22(2)10-8-11-23-12-9-18-31-21-23/h9,12,14-22H,5-8,10-11,13H2,1-4H3,(H,32,33)/b17-14+/t22-/m1/s1. The maximum atomic E-state index is 12.7. The van der Waals surface area contributed by atoms with Crippen LogP contribution in [0.2, 0.25) is 0 Å². The first-order valence-corrected chi connectivity index (χ1v) is 12.6. The second-order valence-electron chi connectivity index (χ2n) is 9.01. The number of carbonyl (C=O) groups excluding carboxylic acids is 1. The molecule has 0 unspecified atom stereocenters. The number of nitrogens with zero attached hydrogens (tertiary/aromatic N) is 1. The summed E-state index contributed by atoms with van der Waals surface area (Å²) in [5, 5.41) is 5.27. The van der Waals surface area contributed by atoms with Crippen molar-refractivity contribution in [1.29, 1.82) is 0 Å². The number of pyridine rings is 1. The van der Waals surface area contributed by atoms with E-state index in [4.69, 9.17) is 9.47 Å². The summed E-state index contributed by atoms with van der Waals surface area (Å²) in [7, 11) is 3.37. The maximum absolute atomic E-state index is 12.7. The van der Waals surface area contributed by atoms with Crippen molar-refractivity contribution in [1.82, 2.24) is 10.3 Å². The Morgan fingerprint density at radius 1 is 1.06 bits per heavy atom. The number of fused-ring (bicyclic) bond motifs is 1. The number of aryl methyl sites for hydroxylation is 2. The first kappa shape index (κ1) is 26.3. The highest BCUT2D eigenvalue weighted by Gasteiger charge is 2.13. The number of hydrogen-bond donors (Lipinski definition) is 1. The highest BCUT2D eigenvalue weighted by atomic mass is 16.5. The third-order valence-electron chi connectivity index (χ3n) is 6.33. The highest BCUT2D eigenvalue weighted by molar-refractivity contribution is 5.97. The Hall–Kier alpha value is -3.34. The van der Waals surface area contributed by atoms with E-state index in [0.717, 1.165) is 72.8 Å². The molecule has 3 aromatic rings. The molecule has 0 bridgehead atoms. The molecule has 1 atom stereocenters. The molecule has 0 aliphatic heterocycles. The van der Waals surface area contributed by atoms with E-state index in [1.807, 2.05) is 36.5 Å². The third-order valence-corrected chi connectivity index (χ3v) is 6.33. The molecule has 0 aliphatic rings. The van der Waals surface area contributed by atoms with Gasteiger partial charge in [0.2, 0.25) is 5.91 Å². The van der Waals surface area contributed by atoms with Gasteiger partial charge in [0.1, 0.15) is 11.5 Å². The predicted molar refractivity (Wildman–Crippen MR) is 144 cm³/mol. The number of aromatic nitrogens is 1. The molecule has 2 aromatic carbocycles. The Balaban J connectivity index is 1.74. The van der Waals surface area contributed by atoms with Crippen LogP contribution in [0.5, 0.6) is 11.5 Å². The molecule has 5 nitrogen and oxygen atoms in total. The molecule has 186 valence electrons. The summed E-state index contributed by atoms with van der Waals surface area (Å²) in [6.07, 6.45) is 14.5. The number of carbonyl (C=O) groups is 1. The van der Waals surface area contributed by atoms with E-state index in [1.54, 1.807) is 26.5 Å². The van der Waals surface area contributed by atoms with Gasteiger partial charge in [-0.3, -0.25) is 9.78 Å². The lowest BCUT2D eigenvalue weighted by molar-refractivity contribution is -0.117. The van der Waals surface area contributed by atoms with Crippen LogP contribution in [-0.2, 0) is 17.6 Å². The van der Waals surface area contributed by atoms with Gasteiger partial charge in [-0.15, -0.1) is 0 Å². The van der Waals surface area contributed by atoms with E-state index in [9.17, 15) is 4.79 Å². The average molecular weight is 475 g/mol. The lowest BCUT2D eigenvalue weighted by atomic mass is 9.93. The zero-order valence-electron chi connectivity index (χ0n) is 21.5. The van der Waals surface area contributed by atoms with Crippen LogP contribution < -0.4 is 14.8 Å². The zero-order chi connectivity index (χ0) is 25.0. The van der Waals surface area contributed by atoms with Crippen LogP contribution in [0.1, 0.15) is 62.6 Å². The Labute approximate surface area is 209 Å². The maximum Gasteiger partial charge on any atom is 0.244 e. The quantitative estimate of drug-likeness (QED) is 0.226. The van der Waals surface area contributed by atoms with Crippen molar-refractivity contribution in [2.45, 2.75) is 64.8 Å². The van der Waals surface area contributed by atoms with Crippen molar-refractivity contribution >= 4 is 22.8 Å². The largest absolute Gasteiger partial charge is 0.497 e. The highest BCUT2D eigenvalue weighted by Crippen LogP contribution is 2.35. The minimum Gasteiger partial charge on any atom is -0.497 e. The second kappa shape index (κ2) is 13.5. The van der Waals surface area contributed by atoms with Gasteiger partial charge in [-0.2, -0.15) is 0 Å².